The van der Waals surface area contributed by atoms with Gasteiger partial charge in [-0.2, -0.15) is 8.42 Å². The third-order valence-corrected chi connectivity index (χ3v) is 7.44. The first-order chi connectivity index (χ1) is 13.9. The minimum Gasteiger partial charge on any atom is -0.376 e. The van der Waals surface area contributed by atoms with E-state index in [0.29, 0.717) is 13.2 Å². The standard InChI is InChI=1S/C23H28O5S/c1-16-8-10-19(11-9-16)29(24,25)28-17(2)23-20(21-12-13-22(23)27-21)15-26-14-18-6-4-3-5-7-18/h3-11,17,20-23H,12-15H2,1-2H3/t17?,20-,21+,22-,23-/m0/s1. The Hall–Kier alpha value is -1.73. The molecular weight excluding hydrogens is 388 g/mol. The van der Waals surface area contributed by atoms with Crippen LogP contribution in [-0.2, 0) is 30.4 Å². The third-order valence-electron chi connectivity index (χ3n) is 6.04. The van der Waals surface area contributed by atoms with Crippen LogP contribution in [-0.4, -0.2) is 33.3 Å². The van der Waals surface area contributed by atoms with Gasteiger partial charge in [0.05, 0.1) is 36.4 Å². The van der Waals surface area contributed by atoms with E-state index in [9.17, 15) is 8.42 Å². The van der Waals surface area contributed by atoms with Crippen molar-refractivity contribution in [3.63, 3.8) is 0 Å². The zero-order chi connectivity index (χ0) is 20.4. The Morgan fingerprint density at radius 3 is 2.45 bits per heavy atom. The van der Waals surface area contributed by atoms with Gasteiger partial charge in [0.15, 0.2) is 0 Å². The molecule has 2 saturated heterocycles. The van der Waals surface area contributed by atoms with Crippen molar-refractivity contribution in [3.8, 4) is 0 Å². The summed E-state index contributed by atoms with van der Waals surface area (Å²) in [6.07, 6.45) is 1.63. The smallest absolute Gasteiger partial charge is 0.297 e. The average molecular weight is 417 g/mol. The normalized spacial score (nSPS) is 27.2. The molecule has 2 fully saturated rings. The Balaban J connectivity index is 1.41. The summed E-state index contributed by atoms with van der Waals surface area (Å²) in [5.74, 6) is 0.144. The van der Waals surface area contributed by atoms with Gasteiger partial charge in [0.2, 0.25) is 0 Å². The van der Waals surface area contributed by atoms with Crippen LogP contribution in [0.2, 0.25) is 0 Å². The Bertz CT molecular complexity index is 910. The van der Waals surface area contributed by atoms with Crippen molar-refractivity contribution in [2.75, 3.05) is 6.61 Å². The highest BCUT2D eigenvalue weighted by molar-refractivity contribution is 7.86. The highest BCUT2D eigenvalue weighted by Gasteiger charge is 2.52. The summed E-state index contributed by atoms with van der Waals surface area (Å²) in [6.45, 7) is 4.84. The SMILES string of the molecule is Cc1ccc(S(=O)(=O)OC(C)[C@H]2[C@@H](COCc3ccccc3)[C@H]3CC[C@@H]2O3)cc1. The first kappa shape index (κ1) is 20.5. The lowest BCUT2D eigenvalue weighted by Crippen LogP contribution is -2.39. The summed E-state index contributed by atoms with van der Waals surface area (Å²) >= 11 is 0. The van der Waals surface area contributed by atoms with Crippen molar-refractivity contribution >= 4 is 10.1 Å². The summed E-state index contributed by atoms with van der Waals surface area (Å²) in [7, 11) is -3.81. The maximum absolute atomic E-state index is 12.7. The van der Waals surface area contributed by atoms with Crippen LogP contribution in [0.5, 0.6) is 0 Å². The van der Waals surface area contributed by atoms with Crippen molar-refractivity contribution in [1.29, 1.82) is 0 Å². The number of fused-ring (bicyclic) bond motifs is 2. The molecule has 2 heterocycles. The highest BCUT2D eigenvalue weighted by atomic mass is 32.2. The average Bonchev–Trinajstić information content (AvgIpc) is 3.30. The van der Waals surface area contributed by atoms with Gasteiger partial charge in [-0.05, 0) is 44.4 Å². The molecule has 2 bridgehead atoms. The van der Waals surface area contributed by atoms with Gasteiger partial charge in [-0.15, -0.1) is 0 Å². The molecule has 156 valence electrons. The molecule has 2 aromatic rings. The minimum absolute atomic E-state index is 0.00440. The minimum atomic E-state index is -3.81. The lowest BCUT2D eigenvalue weighted by atomic mass is 9.77. The molecule has 0 N–H and O–H groups in total. The van der Waals surface area contributed by atoms with Gasteiger partial charge < -0.3 is 9.47 Å². The second-order valence-electron chi connectivity index (χ2n) is 8.10. The number of hydrogen-bond donors (Lipinski definition) is 0. The molecule has 4 rings (SSSR count). The zero-order valence-corrected chi connectivity index (χ0v) is 17.7. The van der Waals surface area contributed by atoms with Crippen LogP contribution in [0.3, 0.4) is 0 Å². The Morgan fingerprint density at radius 1 is 1.03 bits per heavy atom. The van der Waals surface area contributed by atoms with Gasteiger partial charge in [-0.1, -0.05) is 48.0 Å². The topological polar surface area (TPSA) is 61.8 Å². The number of benzene rings is 2. The van der Waals surface area contributed by atoms with Crippen LogP contribution in [0, 0.1) is 18.8 Å². The van der Waals surface area contributed by atoms with Crippen molar-refractivity contribution < 1.29 is 22.1 Å². The molecule has 5 atom stereocenters. The molecular formula is C23H28O5S. The summed E-state index contributed by atoms with van der Waals surface area (Å²) in [5, 5.41) is 0. The van der Waals surface area contributed by atoms with Crippen LogP contribution in [0.4, 0.5) is 0 Å². The second-order valence-corrected chi connectivity index (χ2v) is 9.67. The molecule has 0 aromatic heterocycles. The largest absolute Gasteiger partial charge is 0.376 e. The van der Waals surface area contributed by atoms with E-state index in [0.717, 1.165) is 24.0 Å². The van der Waals surface area contributed by atoms with Crippen LogP contribution in [0.15, 0.2) is 59.5 Å². The van der Waals surface area contributed by atoms with Crippen molar-refractivity contribution in [1.82, 2.24) is 0 Å². The van der Waals surface area contributed by atoms with E-state index in [2.05, 4.69) is 0 Å². The van der Waals surface area contributed by atoms with Crippen LogP contribution < -0.4 is 0 Å². The number of aryl methyl sites for hydroxylation is 1. The van der Waals surface area contributed by atoms with Gasteiger partial charge >= 0.3 is 0 Å². The second kappa shape index (κ2) is 8.56. The maximum atomic E-state index is 12.7. The Labute approximate surface area is 173 Å². The molecule has 2 aromatic carbocycles. The molecule has 0 radical (unpaired) electrons. The zero-order valence-electron chi connectivity index (χ0n) is 16.9. The Morgan fingerprint density at radius 2 is 1.72 bits per heavy atom. The molecule has 6 heteroatoms. The van der Waals surface area contributed by atoms with Gasteiger partial charge in [-0.3, -0.25) is 4.18 Å². The van der Waals surface area contributed by atoms with Gasteiger partial charge in [0.25, 0.3) is 10.1 Å². The summed E-state index contributed by atoms with van der Waals surface area (Å²) in [5.41, 5.74) is 2.13. The first-order valence-electron chi connectivity index (χ1n) is 10.2. The molecule has 1 unspecified atom stereocenters. The molecule has 2 aliphatic rings. The van der Waals surface area contributed by atoms with E-state index < -0.39 is 16.2 Å². The first-order valence-corrected chi connectivity index (χ1v) is 11.6. The van der Waals surface area contributed by atoms with E-state index in [1.165, 1.54) is 0 Å². The summed E-state index contributed by atoms with van der Waals surface area (Å²) in [6, 6.07) is 16.8. The molecule has 5 nitrogen and oxygen atoms in total. The number of hydrogen-bond acceptors (Lipinski definition) is 5. The fraction of sp³-hybridized carbons (Fsp3) is 0.478. The predicted octanol–water partition coefficient (Wildman–Crippen LogP) is 4.10. The van der Waals surface area contributed by atoms with Gasteiger partial charge in [0.1, 0.15) is 0 Å². The highest BCUT2D eigenvalue weighted by Crippen LogP contribution is 2.46. The summed E-state index contributed by atoms with van der Waals surface area (Å²) < 4.78 is 43.2. The maximum Gasteiger partial charge on any atom is 0.297 e. The van der Waals surface area contributed by atoms with Crippen LogP contribution in [0.25, 0.3) is 0 Å². The number of ether oxygens (including phenoxy) is 2. The molecule has 0 spiro atoms. The Kier molecular flexibility index (Phi) is 6.06. The summed E-state index contributed by atoms with van der Waals surface area (Å²) in [4.78, 5) is 0.191. The van der Waals surface area contributed by atoms with Gasteiger partial charge in [-0.25, -0.2) is 0 Å². The van der Waals surface area contributed by atoms with E-state index in [1.807, 2.05) is 44.2 Å². The van der Waals surface area contributed by atoms with E-state index in [1.54, 1.807) is 24.3 Å². The fourth-order valence-electron chi connectivity index (χ4n) is 4.59. The molecule has 0 aliphatic carbocycles. The predicted molar refractivity (Wildman–Crippen MR) is 110 cm³/mol. The van der Waals surface area contributed by atoms with Crippen molar-refractivity contribution in [2.24, 2.45) is 11.8 Å². The monoisotopic (exact) mass is 416 g/mol. The van der Waals surface area contributed by atoms with Crippen LogP contribution in [0.1, 0.15) is 30.9 Å². The van der Waals surface area contributed by atoms with E-state index in [4.69, 9.17) is 13.7 Å². The molecule has 2 aliphatic heterocycles. The lowest BCUT2D eigenvalue weighted by Gasteiger charge is -2.31. The molecule has 0 saturated carbocycles. The fourth-order valence-corrected chi connectivity index (χ4v) is 5.70. The third kappa shape index (κ3) is 4.56. The van der Waals surface area contributed by atoms with Crippen molar-refractivity contribution in [3.05, 3.63) is 65.7 Å². The van der Waals surface area contributed by atoms with Crippen molar-refractivity contribution in [2.45, 2.75) is 56.5 Å². The van der Waals surface area contributed by atoms with Gasteiger partial charge in [0, 0.05) is 11.8 Å². The molecule has 29 heavy (non-hydrogen) atoms. The number of rotatable bonds is 8. The van der Waals surface area contributed by atoms with E-state index >= 15 is 0 Å². The van der Waals surface area contributed by atoms with E-state index in [-0.39, 0.29) is 28.9 Å². The lowest BCUT2D eigenvalue weighted by molar-refractivity contribution is 0.0260. The van der Waals surface area contributed by atoms with Crippen LogP contribution >= 0.6 is 0 Å². The quantitative estimate of drug-likeness (QED) is 0.607. The molecule has 0 amide bonds.